The number of hydrogen-bond donors (Lipinski definition) is 1. The second-order valence-electron chi connectivity index (χ2n) is 6.33. The molecule has 1 N–H and O–H groups in total. The van der Waals surface area contributed by atoms with Gasteiger partial charge in [0.05, 0.1) is 0 Å². The van der Waals surface area contributed by atoms with E-state index >= 15 is 0 Å². The van der Waals surface area contributed by atoms with Gasteiger partial charge in [-0.1, -0.05) is 6.92 Å². The molecule has 0 bridgehead atoms. The van der Waals surface area contributed by atoms with E-state index < -0.39 is 5.97 Å². The van der Waals surface area contributed by atoms with Crippen molar-refractivity contribution >= 4 is 11.9 Å². The normalized spacial score (nSPS) is 31.4. The zero-order chi connectivity index (χ0) is 13.8. The Kier molecular flexibility index (Phi) is 4.83. The molecule has 0 radical (unpaired) electrons. The van der Waals surface area contributed by atoms with Crippen molar-refractivity contribution in [2.45, 2.75) is 51.9 Å². The standard InChI is InChI=1S/C15H25NO3/c1-11-2-5-13(6-3-11)15(19)16-9-8-12(10-16)4-7-14(17)18/h11-13H,2-10H2,1H3,(H,17,18). The van der Waals surface area contributed by atoms with Crippen molar-refractivity contribution in [1.29, 1.82) is 0 Å². The highest BCUT2D eigenvalue weighted by Crippen LogP contribution is 2.31. The number of nitrogens with zero attached hydrogens (tertiary/aromatic N) is 1. The van der Waals surface area contributed by atoms with Crippen molar-refractivity contribution in [3.8, 4) is 0 Å². The Balaban J connectivity index is 1.76. The van der Waals surface area contributed by atoms with Gasteiger partial charge in [-0.25, -0.2) is 0 Å². The van der Waals surface area contributed by atoms with Crippen LogP contribution in [0.3, 0.4) is 0 Å². The molecule has 0 spiro atoms. The van der Waals surface area contributed by atoms with Crippen LogP contribution in [0.1, 0.15) is 51.9 Å². The van der Waals surface area contributed by atoms with Gasteiger partial charge in [-0.2, -0.15) is 0 Å². The van der Waals surface area contributed by atoms with E-state index in [4.69, 9.17) is 5.11 Å². The van der Waals surface area contributed by atoms with E-state index in [2.05, 4.69) is 6.92 Å². The molecular weight excluding hydrogens is 242 g/mol. The minimum atomic E-state index is -0.731. The number of carboxylic acids is 1. The van der Waals surface area contributed by atoms with Gasteiger partial charge < -0.3 is 10.0 Å². The largest absolute Gasteiger partial charge is 0.481 e. The first-order valence-corrected chi connectivity index (χ1v) is 7.57. The van der Waals surface area contributed by atoms with E-state index in [1.165, 1.54) is 12.8 Å². The van der Waals surface area contributed by atoms with Crippen molar-refractivity contribution in [2.75, 3.05) is 13.1 Å². The van der Waals surface area contributed by atoms with Gasteiger partial charge in [-0.15, -0.1) is 0 Å². The van der Waals surface area contributed by atoms with Crippen LogP contribution in [0.4, 0.5) is 0 Å². The lowest BCUT2D eigenvalue weighted by atomic mass is 9.82. The van der Waals surface area contributed by atoms with Gasteiger partial charge in [-0.05, 0) is 50.4 Å². The van der Waals surface area contributed by atoms with Gasteiger partial charge in [0.25, 0.3) is 0 Å². The van der Waals surface area contributed by atoms with Crippen LogP contribution < -0.4 is 0 Å². The zero-order valence-corrected chi connectivity index (χ0v) is 11.8. The number of carboxylic acid groups (broad SMARTS) is 1. The van der Waals surface area contributed by atoms with Crippen molar-refractivity contribution in [2.24, 2.45) is 17.8 Å². The third-order valence-corrected chi connectivity index (χ3v) is 4.73. The summed E-state index contributed by atoms with van der Waals surface area (Å²) in [5, 5.41) is 8.70. The van der Waals surface area contributed by atoms with Crippen molar-refractivity contribution in [1.82, 2.24) is 4.90 Å². The molecule has 4 heteroatoms. The number of hydrogen-bond acceptors (Lipinski definition) is 2. The smallest absolute Gasteiger partial charge is 0.303 e. The van der Waals surface area contributed by atoms with Crippen LogP contribution in [0.2, 0.25) is 0 Å². The summed E-state index contributed by atoms with van der Waals surface area (Å²) in [4.78, 5) is 24.9. The summed E-state index contributed by atoms with van der Waals surface area (Å²) in [6, 6.07) is 0. The fourth-order valence-electron chi connectivity index (χ4n) is 3.36. The topological polar surface area (TPSA) is 57.6 Å². The lowest BCUT2D eigenvalue weighted by molar-refractivity contribution is -0.137. The minimum absolute atomic E-state index is 0.230. The van der Waals surface area contributed by atoms with Gasteiger partial charge in [0.15, 0.2) is 0 Å². The number of carbonyl (C=O) groups excluding carboxylic acids is 1. The second kappa shape index (κ2) is 6.40. The van der Waals surface area contributed by atoms with E-state index in [1.807, 2.05) is 4.90 Å². The van der Waals surface area contributed by atoms with Crippen LogP contribution in [0.25, 0.3) is 0 Å². The van der Waals surface area contributed by atoms with Gasteiger partial charge >= 0.3 is 5.97 Å². The van der Waals surface area contributed by atoms with Gasteiger partial charge in [0, 0.05) is 25.4 Å². The summed E-state index contributed by atoms with van der Waals surface area (Å²) in [6.07, 6.45) is 6.34. The van der Waals surface area contributed by atoms with Crippen LogP contribution in [0, 0.1) is 17.8 Å². The molecule has 1 aliphatic heterocycles. The first-order chi connectivity index (χ1) is 9.06. The minimum Gasteiger partial charge on any atom is -0.481 e. The van der Waals surface area contributed by atoms with Crippen LogP contribution in [-0.2, 0) is 9.59 Å². The molecule has 2 rings (SSSR count). The first-order valence-electron chi connectivity index (χ1n) is 7.57. The first kappa shape index (κ1) is 14.4. The van der Waals surface area contributed by atoms with Crippen molar-refractivity contribution in [3.63, 3.8) is 0 Å². The average Bonchev–Trinajstić information content (AvgIpc) is 2.85. The van der Waals surface area contributed by atoms with Crippen molar-refractivity contribution < 1.29 is 14.7 Å². The van der Waals surface area contributed by atoms with Crippen LogP contribution >= 0.6 is 0 Å². The molecule has 1 atom stereocenters. The van der Waals surface area contributed by atoms with Crippen LogP contribution in [0.5, 0.6) is 0 Å². The highest BCUT2D eigenvalue weighted by Gasteiger charge is 2.32. The van der Waals surface area contributed by atoms with E-state index in [1.54, 1.807) is 0 Å². The van der Waals surface area contributed by atoms with E-state index in [0.717, 1.165) is 38.3 Å². The van der Waals surface area contributed by atoms with E-state index in [-0.39, 0.29) is 12.3 Å². The third kappa shape index (κ3) is 3.95. The Morgan fingerprint density at radius 2 is 1.84 bits per heavy atom. The number of amides is 1. The summed E-state index contributed by atoms with van der Waals surface area (Å²) in [5.74, 6) is 0.985. The molecule has 108 valence electrons. The average molecular weight is 267 g/mol. The summed E-state index contributed by atoms with van der Waals surface area (Å²) < 4.78 is 0. The molecule has 2 fully saturated rings. The molecule has 1 heterocycles. The predicted molar refractivity (Wildman–Crippen MR) is 72.7 cm³/mol. The Bertz CT molecular complexity index is 334. The number of rotatable bonds is 4. The second-order valence-corrected chi connectivity index (χ2v) is 6.33. The van der Waals surface area contributed by atoms with Crippen LogP contribution in [0.15, 0.2) is 0 Å². The predicted octanol–water partition coefficient (Wildman–Crippen LogP) is 2.53. The summed E-state index contributed by atoms with van der Waals surface area (Å²) in [5.41, 5.74) is 0. The van der Waals surface area contributed by atoms with Crippen molar-refractivity contribution in [3.05, 3.63) is 0 Å². The summed E-state index contributed by atoms with van der Waals surface area (Å²) >= 11 is 0. The molecule has 1 saturated carbocycles. The van der Waals surface area contributed by atoms with E-state index in [0.29, 0.717) is 18.2 Å². The molecule has 1 unspecified atom stereocenters. The van der Waals surface area contributed by atoms with Crippen LogP contribution in [-0.4, -0.2) is 35.0 Å². The molecule has 0 aromatic heterocycles. The molecule has 1 aliphatic carbocycles. The SMILES string of the molecule is CC1CCC(C(=O)N2CCC(CCC(=O)O)C2)CC1. The fourth-order valence-corrected chi connectivity index (χ4v) is 3.36. The Hall–Kier alpha value is -1.06. The number of likely N-dealkylation sites (tertiary alicyclic amines) is 1. The molecule has 2 aliphatic rings. The molecule has 1 amide bonds. The van der Waals surface area contributed by atoms with Gasteiger partial charge in [-0.3, -0.25) is 9.59 Å². The van der Waals surface area contributed by atoms with Gasteiger partial charge in [0.2, 0.25) is 5.91 Å². The molecule has 4 nitrogen and oxygen atoms in total. The molecular formula is C15H25NO3. The lowest BCUT2D eigenvalue weighted by Gasteiger charge is -2.29. The molecule has 0 aromatic carbocycles. The highest BCUT2D eigenvalue weighted by atomic mass is 16.4. The Morgan fingerprint density at radius 3 is 2.47 bits per heavy atom. The number of carbonyl (C=O) groups is 2. The molecule has 19 heavy (non-hydrogen) atoms. The molecule has 0 aromatic rings. The fraction of sp³-hybridized carbons (Fsp3) is 0.867. The Labute approximate surface area is 115 Å². The maximum absolute atomic E-state index is 12.4. The summed E-state index contributed by atoms with van der Waals surface area (Å²) in [7, 11) is 0. The zero-order valence-electron chi connectivity index (χ0n) is 11.8. The molecule has 1 saturated heterocycles. The summed E-state index contributed by atoms with van der Waals surface area (Å²) in [6.45, 7) is 3.87. The number of aliphatic carboxylic acids is 1. The van der Waals surface area contributed by atoms with Gasteiger partial charge in [0.1, 0.15) is 0 Å². The Morgan fingerprint density at radius 1 is 1.16 bits per heavy atom. The quantitative estimate of drug-likeness (QED) is 0.851. The van der Waals surface area contributed by atoms with E-state index in [9.17, 15) is 9.59 Å². The highest BCUT2D eigenvalue weighted by molar-refractivity contribution is 5.79. The lowest BCUT2D eigenvalue weighted by Crippen LogP contribution is -2.36. The maximum Gasteiger partial charge on any atom is 0.303 e. The monoisotopic (exact) mass is 267 g/mol. The third-order valence-electron chi connectivity index (χ3n) is 4.73. The maximum atomic E-state index is 12.4.